The van der Waals surface area contributed by atoms with Crippen molar-refractivity contribution < 1.29 is 4.79 Å². The van der Waals surface area contributed by atoms with Gasteiger partial charge in [-0.15, -0.1) is 0 Å². The number of nitrogens with zero attached hydrogens (tertiary/aromatic N) is 2. The molecule has 2 aromatic rings. The molecule has 0 aliphatic heterocycles. The van der Waals surface area contributed by atoms with Crippen molar-refractivity contribution in [3.8, 4) is 0 Å². The lowest BCUT2D eigenvalue weighted by Gasteiger charge is -2.27. The number of hydrogen-bond donors (Lipinski definition) is 1. The van der Waals surface area contributed by atoms with Crippen LogP contribution in [0.1, 0.15) is 25.0 Å². The van der Waals surface area contributed by atoms with Crippen LogP contribution in [-0.2, 0) is 11.8 Å². The first-order valence-electron chi connectivity index (χ1n) is 8.02. The van der Waals surface area contributed by atoms with Crippen LogP contribution in [0.25, 0.3) is 0 Å². The lowest BCUT2D eigenvalue weighted by atomic mass is 9.85. The molecule has 0 aliphatic carbocycles. The van der Waals surface area contributed by atoms with Crippen LogP contribution in [0.15, 0.2) is 48.8 Å². The Hall–Kier alpha value is -2.07. The molecule has 0 spiro atoms. The molecule has 0 aliphatic rings. The van der Waals surface area contributed by atoms with Crippen molar-refractivity contribution in [3.63, 3.8) is 0 Å². The molecule has 0 saturated carbocycles. The monoisotopic (exact) mass is 345 g/mol. The van der Waals surface area contributed by atoms with E-state index >= 15 is 0 Å². The third kappa shape index (κ3) is 5.24. The number of amides is 2. The molecule has 0 bridgehead atoms. The van der Waals surface area contributed by atoms with Gasteiger partial charge in [0.1, 0.15) is 0 Å². The Morgan fingerprint density at radius 2 is 1.79 bits per heavy atom. The number of rotatable bonds is 6. The molecule has 1 heterocycles. The zero-order chi connectivity index (χ0) is 17.6. The Bertz CT molecular complexity index is 656. The van der Waals surface area contributed by atoms with Gasteiger partial charge in [0, 0.05) is 43.0 Å². The van der Waals surface area contributed by atoms with Crippen LogP contribution in [0.4, 0.5) is 4.79 Å². The number of halogens is 1. The first-order chi connectivity index (χ1) is 11.4. The smallest absolute Gasteiger partial charge is 0.317 e. The Morgan fingerprint density at radius 3 is 2.42 bits per heavy atom. The van der Waals surface area contributed by atoms with Gasteiger partial charge < -0.3 is 10.2 Å². The van der Waals surface area contributed by atoms with Crippen LogP contribution in [0.2, 0.25) is 5.02 Å². The van der Waals surface area contributed by atoms with Gasteiger partial charge >= 0.3 is 6.03 Å². The largest absolute Gasteiger partial charge is 0.337 e. The summed E-state index contributed by atoms with van der Waals surface area (Å²) in [6.07, 6.45) is 4.35. The number of pyridine rings is 1. The summed E-state index contributed by atoms with van der Waals surface area (Å²) >= 11 is 5.94. The Balaban J connectivity index is 1.83. The van der Waals surface area contributed by atoms with Gasteiger partial charge in [0.15, 0.2) is 0 Å². The summed E-state index contributed by atoms with van der Waals surface area (Å²) in [5.41, 5.74) is 2.16. The summed E-state index contributed by atoms with van der Waals surface area (Å²) in [6.45, 7) is 5.44. The van der Waals surface area contributed by atoms with E-state index in [2.05, 4.69) is 24.1 Å². The molecule has 0 fully saturated rings. The molecule has 128 valence electrons. The topological polar surface area (TPSA) is 45.2 Å². The molecule has 0 saturated heterocycles. The lowest BCUT2D eigenvalue weighted by Crippen LogP contribution is -2.43. The highest BCUT2D eigenvalue weighted by Crippen LogP contribution is 2.23. The van der Waals surface area contributed by atoms with Crippen molar-refractivity contribution in [3.05, 3.63) is 64.9 Å². The Labute approximate surface area is 148 Å². The predicted octanol–water partition coefficient (Wildman–Crippen LogP) is 3.90. The van der Waals surface area contributed by atoms with E-state index in [4.69, 9.17) is 11.6 Å². The minimum Gasteiger partial charge on any atom is -0.337 e. The maximum atomic E-state index is 12.3. The number of nitrogens with one attached hydrogen (secondary N) is 1. The van der Waals surface area contributed by atoms with E-state index in [0.29, 0.717) is 13.1 Å². The number of benzene rings is 1. The highest BCUT2D eigenvalue weighted by Gasteiger charge is 2.22. The van der Waals surface area contributed by atoms with Crippen LogP contribution in [0.3, 0.4) is 0 Å². The number of urea groups is 1. The summed E-state index contributed by atoms with van der Waals surface area (Å²) in [6, 6.07) is 11.6. The second-order valence-corrected chi connectivity index (χ2v) is 7.01. The summed E-state index contributed by atoms with van der Waals surface area (Å²) in [5, 5.41) is 3.73. The highest BCUT2D eigenvalue weighted by molar-refractivity contribution is 6.30. The molecule has 1 N–H and O–H groups in total. The molecule has 1 aromatic carbocycles. The Morgan fingerprint density at radius 1 is 1.17 bits per heavy atom. The number of carbonyl (C=O) groups excluding carboxylic acids is 1. The predicted molar refractivity (Wildman–Crippen MR) is 98.4 cm³/mol. The van der Waals surface area contributed by atoms with E-state index in [1.165, 1.54) is 5.56 Å². The molecule has 0 atom stereocenters. The van der Waals surface area contributed by atoms with Gasteiger partial charge in [-0.05, 0) is 41.8 Å². The fraction of sp³-hybridized carbons (Fsp3) is 0.368. The number of aromatic nitrogens is 1. The van der Waals surface area contributed by atoms with Crippen LogP contribution >= 0.6 is 11.6 Å². The van der Waals surface area contributed by atoms with Crippen molar-refractivity contribution in [2.45, 2.75) is 25.7 Å². The fourth-order valence-electron chi connectivity index (χ4n) is 2.38. The van der Waals surface area contributed by atoms with Gasteiger partial charge in [0.25, 0.3) is 0 Å². The van der Waals surface area contributed by atoms with Crippen molar-refractivity contribution in [2.75, 3.05) is 20.1 Å². The summed E-state index contributed by atoms with van der Waals surface area (Å²) < 4.78 is 0. The van der Waals surface area contributed by atoms with Gasteiger partial charge in [-0.1, -0.05) is 37.6 Å². The average molecular weight is 346 g/mol. The molecular formula is C19H24ClN3O. The zero-order valence-corrected chi connectivity index (χ0v) is 15.2. The molecule has 2 amide bonds. The lowest BCUT2D eigenvalue weighted by molar-refractivity contribution is 0.207. The third-order valence-corrected chi connectivity index (χ3v) is 4.39. The Kier molecular flexibility index (Phi) is 6.21. The summed E-state index contributed by atoms with van der Waals surface area (Å²) in [4.78, 5) is 18.0. The number of carbonyl (C=O) groups is 1. The molecule has 1 aromatic heterocycles. The second-order valence-electron chi connectivity index (χ2n) is 6.58. The van der Waals surface area contributed by atoms with Crippen LogP contribution in [0, 0.1) is 0 Å². The van der Waals surface area contributed by atoms with E-state index < -0.39 is 0 Å². The van der Waals surface area contributed by atoms with Gasteiger partial charge in [0.05, 0.1) is 0 Å². The van der Waals surface area contributed by atoms with E-state index in [1.54, 1.807) is 17.3 Å². The van der Waals surface area contributed by atoms with Gasteiger partial charge in [0.2, 0.25) is 0 Å². The number of hydrogen-bond acceptors (Lipinski definition) is 2. The first kappa shape index (κ1) is 18.3. The highest BCUT2D eigenvalue weighted by atomic mass is 35.5. The zero-order valence-electron chi connectivity index (χ0n) is 14.4. The van der Waals surface area contributed by atoms with Gasteiger partial charge in [-0.25, -0.2) is 4.79 Å². The molecule has 0 unspecified atom stereocenters. The SMILES string of the molecule is CN(CCc1ccncc1)C(=O)NCC(C)(C)c1ccc(Cl)cc1. The quantitative estimate of drug-likeness (QED) is 0.863. The van der Waals surface area contributed by atoms with Gasteiger partial charge in [-0.3, -0.25) is 4.98 Å². The van der Waals surface area contributed by atoms with Crippen molar-refractivity contribution in [1.29, 1.82) is 0 Å². The maximum Gasteiger partial charge on any atom is 0.317 e. The molecule has 24 heavy (non-hydrogen) atoms. The molecule has 0 radical (unpaired) electrons. The van der Waals surface area contributed by atoms with Crippen LogP contribution < -0.4 is 5.32 Å². The molecule has 4 nitrogen and oxygen atoms in total. The number of likely N-dealkylation sites (N-methyl/N-ethyl adjacent to an activating group) is 1. The minimum absolute atomic E-state index is 0.0638. The van der Waals surface area contributed by atoms with Crippen LogP contribution in [-0.4, -0.2) is 36.1 Å². The minimum atomic E-state index is -0.161. The van der Waals surface area contributed by atoms with Crippen molar-refractivity contribution in [1.82, 2.24) is 15.2 Å². The van der Waals surface area contributed by atoms with Crippen molar-refractivity contribution >= 4 is 17.6 Å². The van der Waals surface area contributed by atoms with Crippen LogP contribution in [0.5, 0.6) is 0 Å². The second kappa shape index (κ2) is 8.15. The normalized spacial score (nSPS) is 11.2. The molecule has 2 rings (SSSR count). The standard InChI is InChI=1S/C19H24ClN3O/c1-19(2,16-4-6-17(20)7-5-16)14-22-18(24)23(3)13-10-15-8-11-21-12-9-15/h4-9,11-12H,10,13-14H2,1-3H3,(H,22,24). The van der Waals surface area contributed by atoms with E-state index in [9.17, 15) is 4.79 Å². The van der Waals surface area contributed by atoms with Gasteiger partial charge in [-0.2, -0.15) is 0 Å². The summed E-state index contributed by atoms with van der Waals surface area (Å²) in [5.74, 6) is 0. The fourth-order valence-corrected chi connectivity index (χ4v) is 2.51. The molecule has 5 heteroatoms. The van der Waals surface area contributed by atoms with E-state index in [0.717, 1.165) is 17.0 Å². The summed E-state index contributed by atoms with van der Waals surface area (Å²) in [7, 11) is 1.81. The first-order valence-corrected chi connectivity index (χ1v) is 8.40. The maximum absolute atomic E-state index is 12.3. The van der Waals surface area contributed by atoms with E-state index in [1.807, 2.05) is 43.4 Å². The van der Waals surface area contributed by atoms with Crippen molar-refractivity contribution in [2.24, 2.45) is 0 Å². The molecular weight excluding hydrogens is 322 g/mol. The third-order valence-electron chi connectivity index (χ3n) is 4.14. The average Bonchev–Trinajstić information content (AvgIpc) is 2.59. The van der Waals surface area contributed by atoms with E-state index in [-0.39, 0.29) is 11.4 Å².